The van der Waals surface area contributed by atoms with Crippen LogP contribution >= 0.6 is 0 Å². The number of benzene rings is 1. The van der Waals surface area contributed by atoms with E-state index >= 15 is 0 Å². The number of nitrogens with one attached hydrogen (secondary N) is 1. The summed E-state index contributed by atoms with van der Waals surface area (Å²) in [4.78, 5) is 0. The van der Waals surface area contributed by atoms with Crippen molar-refractivity contribution in [3.63, 3.8) is 0 Å². The fourth-order valence-corrected chi connectivity index (χ4v) is 2.05. The van der Waals surface area contributed by atoms with Crippen LogP contribution in [0.4, 0.5) is 4.39 Å². The average Bonchev–Trinajstić information content (AvgIpc) is 2.38. The van der Waals surface area contributed by atoms with Gasteiger partial charge in [-0.15, -0.1) is 0 Å². The summed E-state index contributed by atoms with van der Waals surface area (Å²) in [5.41, 5.74) is 1.15. The second-order valence-electron chi connectivity index (χ2n) is 5.11. The monoisotopic (exact) mass is 251 g/mol. The second kappa shape index (κ2) is 9.09. The molecule has 0 aliphatic carbocycles. The molecule has 0 saturated heterocycles. The summed E-state index contributed by atoms with van der Waals surface area (Å²) in [5, 5.41) is 3.49. The van der Waals surface area contributed by atoms with Crippen LogP contribution in [0.1, 0.15) is 57.9 Å². The van der Waals surface area contributed by atoms with E-state index < -0.39 is 0 Å². The molecule has 0 spiro atoms. The highest BCUT2D eigenvalue weighted by atomic mass is 19.1. The highest BCUT2D eigenvalue weighted by molar-refractivity contribution is 5.15. The van der Waals surface area contributed by atoms with E-state index in [-0.39, 0.29) is 5.82 Å². The summed E-state index contributed by atoms with van der Waals surface area (Å²) < 4.78 is 12.7. The van der Waals surface area contributed by atoms with Crippen molar-refractivity contribution in [3.05, 3.63) is 35.6 Å². The molecule has 18 heavy (non-hydrogen) atoms. The summed E-state index contributed by atoms with van der Waals surface area (Å²) in [6, 6.07) is 7.27. The maximum absolute atomic E-state index is 12.7. The molecule has 1 aromatic carbocycles. The molecule has 1 unspecified atom stereocenters. The van der Waals surface area contributed by atoms with Crippen LogP contribution in [0.3, 0.4) is 0 Å². The van der Waals surface area contributed by atoms with E-state index in [2.05, 4.69) is 19.2 Å². The molecule has 0 radical (unpaired) electrons. The van der Waals surface area contributed by atoms with Crippen molar-refractivity contribution in [3.8, 4) is 0 Å². The number of unbranched alkanes of at least 4 members (excludes halogenated alkanes) is 4. The van der Waals surface area contributed by atoms with Crippen molar-refractivity contribution in [1.82, 2.24) is 5.32 Å². The lowest BCUT2D eigenvalue weighted by Gasteiger charge is -2.13. The molecular formula is C16H26FN. The van der Waals surface area contributed by atoms with Gasteiger partial charge < -0.3 is 5.32 Å². The molecule has 0 aromatic heterocycles. The topological polar surface area (TPSA) is 12.0 Å². The Morgan fingerprint density at radius 2 is 1.72 bits per heavy atom. The molecule has 0 bridgehead atoms. The van der Waals surface area contributed by atoms with Gasteiger partial charge in [0, 0.05) is 12.6 Å². The van der Waals surface area contributed by atoms with Gasteiger partial charge in [0.1, 0.15) is 5.82 Å². The number of hydrogen-bond acceptors (Lipinski definition) is 1. The van der Waals surface area contributed by atoms with Crippen LogP contribution in [-0.2, 0) is 6.54 Å². The zero-order chi connectivity index (χ0) is 13.2. The molecular weight excluding hydrogens is 225 g/mol. The predicted octanol–water partition coefficient (Wildman–Crippen LogP) is 4.66. The van der Waals surface area contributed by atoms with Crippen molar-refractivity contribution in [2.75, 3.05) is 0 Å². The molecule has 1 atom stereocenters. The third-order valence-electron chi connectivity index (χ3n) is 3.31. The first kappa shape index (κ1) is 15.2. The van der Waals surface area contributed by atoms with Gasteiger partial charge in [0.15, 0.2) is 0 Å². The first-order valence-corrected chi connectivity index (χ1v) is 7.20. The van der Waals surface area contributed by atoms with Gasteiger partial charge in [0.25, 0.3) is 0 Å². The van der Waals surface area contributed by atoms with Gasteiger partial charge in [-0.1, -0.05) is 51.2 Å². The first-order chi connectivity index (χ1) is 8.72. The maximum atomic E-state index is 12.7. The Bertz CT molecular complexity index is 307. The summed E-state index contributed by atoms with van der Waals surface area (Å²) in [5.74, 6) is -0.164. The van der Waals surface area contributed by atoms with Crippen LogP contribution in [0.2, 0.25) is 0 Å². The smallest absolute Gasteiger partial charge is 0.123 e. The molecule has 2 heteroatoms. The number of rotatable bonds is 9. The van der Waals surface area contributed by atoms with Crippen molar-refractivity contribution >= 4 is 0 Å². The van der Waals surface area contributed by atoms with Gasteiger partial charge in [-0.3, -0.25) is 0 Å². The average molecular weight is 251 g/mol. The van der Waals surface area contributed by atoms with E-state index in [1.807, 2.05) is 12.1 Å². The molecule has 0 amide bonds. The van der Waals surface area contributed by atoms with Crippen molar-refractivity contribution in [2.45, 2.75) is 65.0 Å². The maximum Gasteiger partial charge on any atom is 0.123 e. The van der Waals surface area contributed by atoms with E-state index in [9.17, 15) is 4.39 Å². The summed E-state index contributed by atoms with van der Waals surface area (Å²) in [6.45, 7) is 5.30. The van der Waals surface area contributed by atoms with E-state index in [1.54, 1.807) is 0 Å². The zero-order valence-electron chi connectivity index (χ0n) is 11.7. The largest absolute Gasteiger partial charge is 0.310 e. The highest BCUT2D eigenvalue weighted by Crippen LogP contribution is 2.08. The SMILES string of the molecule is CCCCCCCC(C)NCc1ccc(F)cc1. The standard InChI is InChI=1S/C16H26FN/c1-3-4-5-6-7-8-14(2)18-13-15-9-11-16(17)12-10-15/h9-12,14,18H,3-8,13H2,1-2H3. The Balaban J connectivity index is 2.09. The molecule has 0 aliphatic rings. The van der Waals surface area contributed by atoms with Crippen LogP contribution in [-0.4, -0.2) is 6.04 Å². The molecule has 102 valence electrons. The fraction of sp³-hybridized carbons (Fsp3) is 0.625. The number of hydrogen-bond donors (Lipinski definition) is 1. The normalized spacial score (nSPS) is 12.6. The summed E-state index contributed by atoms with van der Waals surface area (Å²) in [7, 11) is 0. The van der Waals surface area contributed by atoms with Crippen LogP contribution in [0.15, 0.2) is 24.3 Å². The molecule has 1 aromatic rings. The Hall–Kier alpha value is -0.890. The number of halogens is 1. The molecule has 1 rings (SSSR count). The minimum Gasteiger partial charge on any atom is -0.310 e. The lowest BCUT2D eigenvalue weighted by atomic mass is 10.1. The van der Waals surface area contributed by atoms with Crippen LogP contribution in [0.25, 0.3) is 0 Å². The second-order valence-corrected chi connectivity index (χ2v) is 5.11. The molecule has 0 aliphatic heterocycles. The summed E-state index contributed by atoms with van der Waals surface area (Å²) >= 11 is 0. The lowest BCUT2D eigenvalue weighted by Crippen LogP contribution is -2.25. The van der Waals surface area contributed by atoms with Gasteiger partial charge in [-0.2, -0.15) is 0 Å². The Labute approximate surface area is 111 Å². The van der Waals surface area contributed by atoms with Gasteiger partial charge in [0.05, 0.1) is 0 Å². The summed E-state index contributed by atoms with van der Waals surface area (Å²) in [6.07, 6.45) is 7.90. The van der Waals surface area contributed by atoms with Gasteiger partial charge >= 0.3 is 0 Å². The van der Waals surface area contributed by atoms with E-state index in [0.29, 0.717) is 6.04 Å². The van der Waals surface area contributed by atoms with E-state index in [0.717, 1.165) is 12.1 Å². The van der Waals surface area contributed by atoms with Crippen LogP contribution in [0.5, 0.6) is 0 Å². The lowest BCUT2D eigenvalue weighted by molar-refractivity contribution is 0.479. The van der Waals surface area contributed by atoms with Crippen LogP contribution < -0.4 is 5.32 Å². The Kier molecular flexibility index (Phi) is 7.66. The van der Waals surface area contributed by atoms with Crippen molar-refractivity contribution < 1.29 is 4.39 Å². The quantitative estimate of drug-likeness (QED) is 0.629. The minimum atomic E-state index is -0.164. The molecule has 1 nitrogen and oxygen atoms in total. The first-order valence-electron chi connectivity index (χ1n) is 7.20. The third-order valence-corrected chi connectivity index (χ3v) is 3.31. The van der Waals surface area contributed by atoms with Gasteiger partial charge in [-0.25, -0.2) is 4.39 Å². The van der Waals surface area contributed by atoms with Gasteiger partial charge in [0.2, 0.25) is 0 Å². The van der Waals surface area contributed by atoms with E-state index in [4.69, 9.17) is 0 Å². The Morgan fingerprint density at radius 3 is 2.39 bits per heavy atom. The van der Waals surface area contributed by atoms with E-state index in [1.165, 1.54) is 50.7 Å². The predicted molar refractivity (Wildman–Crippen MR) is 76.1 cm³/mol. The fourth-order valence-electron chi connectivity index (χ4n) is 2.05. The van der Waals surface area contributed by atoms with Crippen molar-refractivity contribution in [1.29, 1.82) is 0 Å². The molecule has 0 saturated carbocycles. The molecule has 0 heterocycles. The zero-order valence-corrected chi connectivity index (χ0v) is 11.7. The highest BCUT2D eigenvalue weighted by Gasteiger charge is 2.01. The van der Waals surface area contributed by atoms with Gasteiger partial charge in [-0.05, 0) is 31.0 Å². The minimum absolute atomic E-state index is 0.164. The Morgan fingerprint density at radius 1 is 1.06 bits per heavy atom. The molecule has 0 fully saturated rings. The third kappa shape index (κ3) is 6.75. The van der Waals surface area contributed by atoms with Crippen LogP contribution in [0, 0.1) is 5.82 Å². The molecule has 1 N–H and O–H groups in total. The van der Waals surface area contributed by atoms with Crippen molar-refractivity contribution in [2.24, 2.45) is 0 Å².